The van der Waals surface area contributed by atoms with Crippen LogP contribution in [-0.4, -0.2) is 40.8 Å². The van der Waals surface area contributed by atoms with Gasteiger partial charge in [0, 0.05) is 17.2 Å². The fourth-order valence-electron chi connectivity index (χ4n) is 5.19. The van der Waals surface area contributed by atoms with Crippen molar-refractivity contribution in [2.75, 3.05) is 13.7 Å². The van der Waals surface area contributed by atoms with Gasteiger partial charge in [0.05, 0.1) is 25.5 Å². The Morgan fingerprint density at radius 3 is 2.58 bits per heavy atom. The van der Waals surface area contributed by atoms with Gasteiger partial charge in [-0.25, -0.2) is 0 Å². The molecule has 1 fully saturated rings. The van der Waals surface area contributed by atoms with Gasteiger partial charge in [-0.05, 0) is 61.2 Å². The minimum Gasteiger partial charge on any atom is -0.497 e. The lowest BCUT2D eigenvalue weighted by Crippen LogP contribution is -2.40. The lowest BCUT2D eigenvalue weighted by molar-refractivity contribution is 0.0606. The number of fused-ring (bicyclic) bond motifs is 1. The molecule has 6 nitrogen and oxygen atoms in total. The van der Waals surface area contributed by atoms with Crippen LogP contribution in [0.3, 0.4) is 0 Å². The highest BCUT2D eigenvalue weighted by atomic mass is 16.5. The molecule has 3 aromatic rings. The third-order valence-corrected chi connectivity index (χ3v) is 6.78. The maximum atomic E-state index is 13.7. The molecule has 1 atom stereocenters. The highest BCUT2D eigenvalue weighted by Crippen LogP contribution is 2.46. The van der Waals surface area contributed by atoms with Gasteiger partial charge in [-0.1, -0.05) is 38.3 Å². The Balaban J connectivity index is 1.61. The average Bonchev–Trinajstić information content (AvgIpc) is 3.42. The predicted octanol–water partition coefficient (Wildman–Crippen LogP) is 5.75. The summed E-state index contributed by atoms with van der Waals surface area (Å²) in [7, 11) is 1.66. The molecule has 0 radical (unpaired) electrons. The first kappa shape index (κ1) is 21.6. The third-order valence-electron chi connectivity index (χ3n) is 6.78. The second-order valence-electron chi connectivity index (χ2n) is 8.92. The first-order valence-electron chi connectivity index (χ1n) is 12.0. The van der Waals surface area contributed by atoms with Crippen LogP contribution in [0.1, 0.15) is 73.1 Å². The van der Waals surface area contributed by atoms with E-state index < -0.39 is 0 Å². The van der Waals surface area contributed by atoms with E-state index in [1.54, 1.807) is 7.11 Å². The van der Waals surface area contributed by atoms with Crippen LogP contribution in [-0.2, 0) is 0 Å². The lowest BCUT2D eigenvalue weighted by atomic mass is 9.91. The molecule has 0 bridgehead atoms. The van der Waals surface area contributed by atoms with E-state index in [1.165, 1.54) is 19.3 Å². The van der Waals surface area contributed by atoms with Gasteiger partial charge in [0.15, 0.2) is 0 Å². The van der Waals surface area contributed by atoms with E-state index >= 15 is 0 Å². The van der Waals surface area contributed by atoms with Crippen LogP contribution in [0.2, 0.25) is 0 Å². The van der Waals surface area contributed by atoms with Crippen molar-refractivity contribution in [3.63, 3.8) is 0 Å². The molecule has 0 spiro atoms. The first-order chi connectivity index (χ1) is 16.2. The zero-order valence-corrected chi connectivity index (χ0v) is 19.3. The number of aromatic amines is 1. The largest absolute Gasteiger partial charge is 0.497 e. The Kier molecular flexibility index (Phi) is 6.07. The number of aromatic nitrogens is 2. The Morgan fingerprint density at radius 1 is 1.06 bits per heavy atom. The van der Waals surface area contributed by atoms with Crippen LogP contribution in [0.25, 0.3) is 11.3 Å². The summed E-state index contributed by atoms with van der Waals surface area (Å²) < 4.78 is 11.3. The highest BCUT2D eigenvalue weighted by Gasteiger charge is 2.45. The highest BCUT2D eigenvalue weighted by molar-refractivity contribution is 6.00. The van der Waals surface area contributed by atoms with E-state index in [-0.39, 0.29) is 18.0 Å². The van der Waals surface area contributed by atoms with Crippen molar-refractivity contribution in [2.45, 2.75) is 57.5 Å². The molecule has 0 saturated heterocycles. The van der Waals surface area contributed by atoms with Crippen LogP contribution in [0.15, 0.2) is 48.5 Å². The zero-order chi connectivity index (χ0) is 22.8. The maximum absolute atomic E-state index is 13.7. The second-order valence-corrected chi connectivity index (χ2v) is 8.92. The molecule has 1 aliphatic heterocycles. The number of benzene rings is 2. The molecule has 5 rings (SSSR count). The van der Waals surface area contributed by atoms with Crippen molar-refractivity contribution in [2.24, 2.45) is 0 Å². The number of methoxy groups -OCH3 is 1. The molecule has 6 heteroatoms. The number of rotatable bonds is 7. The van der Waals surface area contributed by atoms with Gasteiger partial charge >= 0.3 is 0 Å². The molecule has 1 aliphatic carbocycles. The number of nitrogens with zero attached hydrogens (tertiary/aromatic N) is 2. The number of amides is 1. The van der Waals surface area contributed by atoms with E-state index in [1.807, 2.05) is 36.4 Å². The van der Waals surface area contributed by atoms with Crippen LogP contribution < -0.4 is 9.47 Å². The fraction of sp³-hybridized carbons (Fsp3) is 0.407. The minimum atomic E-state index is -0.184. The molecular weight excluding hydrogens is 414 g/mol. The van der Waals surface area contributed by atoms with Gasteiger partial charge in [-0.3, -0.25) is 9.89 Å². The molecule has 172 valence electrons. The molecule has 2 aliphatic rings. The number of carbonyl (C=O) groups excluding carboxylic acids is 1. The number of hydrogen-bond acceptors (Lipinski definition) is 4. The molecular formula is C27H31N3O3. The summed E-state index contributed by atoms with van der Waals surface area (Å²) in [4.78, 5) is 15.8. The van der Waals surface area contributed by atoms with Crippen molar-refractivity contribution in [3.05, 3.63) is 65.4 Å². The van der Waals surface area contributed by atoms with Crippen molar-refractivity contribution in [1.82, 2.24) is 15.1 Å². The van der Waals surface area contributed by atoms with E-state index in [0.717, 1.165) is 53.1 Å². The molecule has 2 aromatic carbocycles. The fourth-order valence-corrected chi connectivity index (χ4v) is 5.19. The summed E-state index contributed by atoms with van der Waals surface area (Å²) in [6, 6.07) is 16.1. The minimum absolute atomic E-state index is 0.0500. The van der Waals surface area contributed by atoms with Crippen LogP contribution in [0.4, 0.5) is 0 Å². The number of ether oxygens (including phenoxy) is 2. The monoisotopic (exact) mass is 445 g/mol. The van der Waals surface area contributed by atoms with Gasteiger partial charge in [-0.2, -0.15) is 5.10 Å². The van der Waals surface area contributed by atoms with E-state index in [4.69, 9.17) is 9.47 Å². The third kappa shape index (κ3) is 3.99. The van der Waals surface area contributed by atoms with Gasteiger partial charge in [0.2, 0.25) is 0 Å². The molecule has 1 aromatic heterocycles. The van der Waals surface area contributed by atoms with Crippen molar-refractivity contribution >= 4 is 5.91 Å². The average molecular weight is 446 g/mol. The predicted molar refractivity (Wildman–Crippen MR) is 128 cm³/mol. The van der Waals surface area contributed by atoms with Crippen molar-refractivity contribution in [3.8, 4) is 22.8 Å². The van der Waals surface area contributed by atoms with Crippen molar-refractivity contribution < 1.29 is 14.3 Å². The smallest absolute Gasteiger partial charge is 0.273 e. The molecule has 1 N–H and O–H groups in total. The topological polar surface area (TPSA) is 67.5 Å². The SMILES string of the molecule is CCCOc1cccc(C2c3c(-c4ccc(OC)cc4)n[nH]c3C(=O)N2C2CCCCC2)c1. The molecule has 1 unspecified atom stereocenters. The number of hydrogen-bond donors (Lipinski definition) is 1. The lowest BCUT2D eigenvalue weighted by Gasteiger charge is -2.36. The van der Waals surface area contributed by atoms with E-state index in [2.05, 4.69) is 34.2 Å². The zero-order valence-electron chi connectivity index (χ0n) is 19.3. The second kappa shape index (κ2) is 9.30. The normalized spacial score (nSPS) is 18.4. The van der Waals surface area contributed by atoms with Gasteiger partial charge in [0.1, 0.15) is 17.2 Å². The quantitative estimate of drug-likeness (QED) is 0.503. The van der Waals surface area contributed by atoms with Gasteiger partial charge in [0.25, 0.3) is 5.91 Å². The Hall–Kier alpha value is -3.28. The Labute approximate surface area is 194 Å². The molecule has 33 heavy (non-hydrogen) atoms. The number of carbonyl (C=O) groups is 1. The molecule has 2 heterocycles. The van der Waals surface area contributed by atoms with Crippen molar-refractivity contribution in [1.29, 1.82) is 0 Å². The number of H-pyrrole nitrogens is 1. The van der Waals surface area contributed by atoms with E-state index in [9.17, 15) is 4.79 Å². The summed E-state index contributed by atoms with van der Waals surface area (Å²) in [6.45, 7) is 2.77. The van der Waals surface area contributed by atoms with Crippen LogP contribution in [0.5, 0.6) is 11.5 Å². The van der Waals surface area contributed by atoms with E-state index in [0.29, 0.717) is 12.3 Å². The summed E-state index contributed by atoms with van der Waals surface area (Å²) >= 11 is 0. The molecule has 1 saturated carbocycles. The maximum Gasteiger partial charge on any atom is 0.273 e. The van der Waals surface area contributed by atoms with Crippen LogP contribution >= 0.6 is 0 Å². The summed E-state index contributed by atoms with van der Waals surface area (Å²) in [5, 5.41) is 7.67. The standard InChI is InChI=1S/C27H31N3O3/c1-3-16-33-22-11-7-8-19(17-22)26-23-24(18-12-14-21(32-2)15-13-18)28-29-25(23)27(31)30(26)20-9-5-4-6-10-20/h7-8,11-15,17,20,26H,3-6,9-10,16H2,1-2H3,(H,28,29). The number of nitrogens with one attached hydrogen (secondary N) is 1. The van der Waals surface area contributed by atoms with Gasteiger partial charge < -0.3 is 14.4 Å². The Bertz CT molecular complexity index is 1120. The summed E-state index contributed by atoms with van der Waals surface area (Å²) in [5.74, 6) is 1.69. The van der Waals surface area contributed by atoms with Gasteiger partial charge in [-0.15, -0.1) is 0 Å². The molecule has 1 amide bonds. The first-order valence-corrected chi connectivity index (χ1v) is 12.0. The van der Waals surface area contributed by atoms with Crippen LogP contribution in [0, 0.1) is 0 Å². The summed E-state index contributed by atoms with van der Waals surface area (Å²) in [6.07, 6.45) is 6.62. The summed E-state index contributed by atoms with van der Waals surface area (Å²) in [5.41, 5.74) is 4.43. The Morgan fingerprint density at radius 2 is 1.85 bits per heavy atom.